The number of benzene rings is 1. The second-order valence-electron chi connectivity index (χ2n) is 5.12. The maximum absolute atomic E-state index is 12.3. The molecule has 1 N–H and O–H groups in total. The largest absolute Gasteiger partial charge is 0.445 e. The van der Waals surface area contributed by atoms with Gasteiger partial charge in [-0.2, -0.15) is 0 Å². The summed E-state index contributed by atoms with van der Waals surface area (Å²) in [4.78, 5) is 16.7. The molecule has 2 aromatic rings. The van der Waals surface area contributed by atoms with Gasteiger partial charge in [-0.05, 0) is 39.2 Å². The number of nitrogens with zero attached hydrogens (tertiary/aromatic N) is 1. The number of ether oxygens (including phenoxy) is 1. The van der Waals surface area contributed by atoms with E-state index >= 15 is 0 Å². The fourth-order valence-electron chi connectivity index (χ4n) is 1.91. The summed E-state index contributed by atoms with van der Waals surface area (Å²) < 4.78 is 6.78. The molecule has 0 aliphatic carbocycles. The van der Waals surface area contributed by atoms with Crippen molar-refractivity contribution in [2.45, 2.75) is 31.7 Å². The third-order valence-corrected chi connectivity index (χ3v) is 4.45. The van der Waals surface area contributed by atoms with Gasteiger partial charge in [-0.25, -0.2) is 4.98 Å². The maximum atomic E-state index is 12.3. The lowest BCUT2D eigenvalue weighted by Crippen LogP contribution is -2.47. The third kappa shape index (κ3) is 4.15. The maximum Gasteiger partial charge on any atom is 0.275 e. The third-order valence-electron chi connectivity index (χ3n) is 2.78. The van der Waals surface area contributed by atoms with Crippen molar-refractivity contribution in [3.05, 3.63) is 24.3 Å². The van der Waals surface area contributed by atoms with Crippen LogP contribution in [0.1, 0.15) is 20.8 Å². The fraction of sp³-hybridized carbons (Fsp3) is 0.375. The van der Waals surface area contributed by atoms with Crippen molar-refractivity contribution in [3.63, 3.8) is 0 Å². The second-order valence-corrected chi connectivity index (χ2v) is 7.01. The van der Waals surface area contributed by atoms with Crippen LogP contribution in [0, 0.1) is 11.8 Å². The van der Waals surface area contributed by atoms with Crippen LogP contribution in [0.15, 0.2) is 24.3 Å². The fourth-order valence-corrected chi connectivity index (χ4v) is 3.27. The van der Waals surface area contributed by atoms with E-state index in [1.54, 1.807) is 6.92 Å². The minimum atomic E-state index is -0.654. The minimum Gasteiger partial charge on any atom is -0.445 e. The normalized spacial score (nSPS) is 12.4. The molecular formula is C16H18N2O2S2. The average molecular weight is 334 g/mol. The first-order valence-electron chi connectivity index (χ1n) is 6.76. The Kier molecular flexibility index (Phi) is 5.33. The highest BCUT2D eigenvalue weighted by Gasteiger charge is 2.26. The number of rotatable bonds is 5. The molecule has 1 atom stereocenters. The van der Waals surface area contributed by atoms with Crippen LogP contribution in [0.4, 0.5) is 0 Å². The SMILES string of the molecule is CC#CC(C)(C)NC(=O)C(Oc1nc2ccccc2s1)SC. The van der Waals surface area contributed by atoms with E-state index in [-0.39, 0.29) is 5.91 Å². The number of amides is 1. The Morgan fingerprint density at radius 1 is 1.45 bits per heavy atom. The number of hydrogen-bond acceptors (Lipinski definition) is 5. The molecule has 6 heteroatoms. The number of hydrogen-bond donors (Lipinski definition) is 1. The number of carbonyl (C=O) groups excluding carboxylic acids is 1. The molecule has 4 nitrogen and oxygen atoms in total. The quantitative estimate of drug-likeness (QED) is 0.673. The summed E-state index contributed by atoms with van der Waals surface area (Å²) in [5.74, 6) is 5.56. The van der Waals surface area contributed by atoms with Crippen LogP contribution in [0.25, 0.3) is 10.2 Å². The molecule has 1 amide bonds. The van der Waals surface area contributed by atoms with Gasteiger partial charge in [0, 0.05) is 0 Å². The van der Waals surface area contributed by atoms with Crippen LogP contribution in [0.2, 0.25) is 0 Å². The zero-order valence-corrected chi connectivity index (χ0v) is 14.6. The number of aromatic nitrogens is 1. The van der Waals surface area contributed by atoms with E-state index in [4.69, 9.17) is 4.74 Å². The molecule has 0 aliphatic rings. The number of carbonyl (C=O) groups is 1. The Morgan fingerprint density at radius 2 is 2.18 bits per heavy atom. The van der Waals surface area contributed by atoms with E-state index in [0.29, 0.717) is 5.19 Å². The number of thioether (sulfide) groups is 1. The summed E-state index contributed by atoms with van der Waals surface area (Å²) in [5, 5.41) is 3.38. The van der Waals surface area contributed by atoms with E-state index < -0.39 is 11.0 Å². The van der Waals surface area contributed by atoms with E-state index in [1.165, 1.54) is 23.1 Å². The Bertz CT molecular complexity index is 695. The highest BCUT2D eigenvalue weighted by Crippen LogP contribution is 2.29. The number of thiazole rings is 1. The highest BCUT2D eigenvalue weighted by atomic mass is 32.2. The molecule has 0 bridgehead atoms. The molecule has 116 valence electrons. The van der Waals surface area contributed by atoms with Crippen molar-refractivity contribution < 1.29 is 9.53 Å². The van der Waals surface area contributed by atoms with Gasteiger partial charge in [-0.15, -0.1) is 17.7 Å². The Balaban J connectivity index is 2.10. The summed E-state index contributed by atoms with van der Waals surface area (Å²) in [6.45, 7) is 5.46. The van der Waals surface area contributed by atoms with Crippen molar-refractivity contribution in [2.75, 3.05) is 6.26 Å². The van der Waals surface area contributed by atoms with Gasteiger partial charge >= 0.3 is 0 Å². The lowest BCUT2D eigenvalue weighted by atomic mass is 10.1. The van der Waals surface area contributed by atoms with Crippen molar-refractivity contribution in [1.29, 1.82) is 0 Å². The molecule has 0 saturated heterocycles. The molecule has 0 radical (unpaired) electrons. The molecule has 1 heterocycles. The lowest BCUT2D eigenvalue weighted by molar-refractivity contribution is -0.125. The molecule has 1 aromatic carbocycles. The van der Waals surface area contributed by atoms with Gasteiger partial charge in [0.1, 0.15) is 0 Å². The van der Waals surface area contributed by atoms with E-state index in [9.17, 15) is 4.79 Å². The first kappa shape index (κ1) is 16.7. The van der Waals surface area contributed by atoms with Crippen molar-refractivity contribution in [3.8, 4) is 17.0 Å². The zero-order chi connectivity index (χ0) is 16.2. The van der Waals surface area contributed by atoms with Crippen LogP contribution >= 0.6 is 23.1 Å². The smallest absolute Gasteiger partial charge is 0.275 e. The summed E-state index contributed by atoms with van der Waals surface area (Å²) >= 11 is 2.76. The summed E-state index contributed by atoms with van der Waals surface area (Å²) in [6, 6.07) is 7.78. The van der Waals surface area contributed by atoms with Gasteiger partial charge in [0.25, 0.3) is 11.1 Å². The van der Waals surface area contributed by atoms with Crippen LogP contribution in [0.5, 0.6) is 5.19 Å². The lowest BCUT2D eigenvalue weighted by Gasteiger charge is -2.23. The summed E-state index contributed by atoms with van der Waals surface area (Å²) in [7, 11) is 0. The summed E-state index contributed by atoms with van der Waals surface area (Å²) in [6.07, 6.45) is 1.83. The zero-order valence-electron chi connectivity index (χ0n) is 13.0. The monoisotopic (exact) mass is 334 g/mol. The molecule has 2 rings (SSSR count). The number of para-hydroxylation sites is 1. The number of fused-ring (bicyclic) bond motifs is 1. The average Bonchev–Trinajstić information content (AvgIpc) is 2.86. The van der Waals surface area contributed by atoms with E-state index in [1.807, 2.05) is 44.4 Å². The van der Waals surface area contributed by atoms with Gasteiger partial charge in [-0.1, -0.05) is 29.4 Å². The Morgan fingerprint density at radius 3 is 2.82 bits per heavy atom. The Hall–Kier alpha value is -1.71. The molecule has 0 saturated carbocycles. The van der Waals surface area contributed by atoms with Crippen LogP contribution in [0.3, 0.4) is 0 Å². The topological polar surface area (TPSA) is 51.2 Å². The minimum absolute atomic E-state index is 0.209. The first-order chi connectivity index (χ1) is 10.4. The molecular weight excluding hydrogens is 316 g/mol. The molecule has 22 heavy (non-hydrogen) atoms. The van der Waals surface area contributed by atoms with E-state index in [0.717, 1.165) is 10.2 Å². The van der Waals surface area contributed by atoms with Crippen LogP contribution in [-0.2, 0) is 4.79 Å². The second kappa shape index (κ2) is 7.03. The molecule has 0 spiro atoms. The molecule has 0 fully saturated rings. The standard InChI is InChI=1S/C16H18N2O2S2/c1-5-10-16(2,3)18-13(19)14(21-4)20-15-17-11-8-6-7-9-12(11)22-15/h6-9,14H,1-4H3,(H,18,19). The highest BCUT2D eigenvalue weighted by molar-refractivity contribution is 7.99. The number of nitrogens with one attached hydrogen (secondary N) is 1. The summed E-state index contributed by atoms with van der Waals surface area (Å²) in [5.41, 5.74) is -0.366. The molecule has 1 unspecified atom stereocenters. The molecule has 1 aromatic heterocycles. The predicted octanol–water partition coefficient (Wildman–Crippen LogP) is 3.28. The van der Waals surface area contributed by atoms with Gasteiger partial charge < -0.3 is 10.1 Å². The van der Waals surface area contributed by atoms with Crippen molar-refractivity contribution in [2.24, 2.45) is 0 Å². The van der Waals surface area contributed by atoms with Gasteiger partial charge in [-0.3, -0.25) is 4.79 Å². The van der Waals surface area contributed by atoms with Gasteiger partial charge in [0.2, 0.25) is 5.44 Å². The van der Waals surface area contributed by atoms with E-state index in [2.05, 4.69) is 22.1 Å². The molecule has 0 aliphatic heterocycles. The van der Waals surface area contributed by atoms with Crippen LogP contribution < -0.4 is 10.1 Å². The van der Waals surface area contributed by atoms with Gasteiger partial charge in [0.05, 0.1) is 15.8 Å². The van der Waals surface area contributed by atoms with Crippen LogP contribution in [-0.4, -0.2) is 28.1 Å². The van der Waals surface area contributed by atoms with Gasteiger partial charge in [0.15, 0.2) is 0 Å². The Labute approximate surface area is 138 Å². The van der Waals surface area contributed by atoms with Crippen molar-refractivity contribution >= 4 is 39.2 Å². The first-order valence-corrected chi connectivity index (χ1v) is 8.86. The van der Waals surface area contributed by atoms with Crippen molar-refractivity contribution in [1.82, 2.24) is 10.3 Å². The predicted molar refractivity (Wildman–Crippen MR) is 93.2 cm³/mol.